The third-order valence-electron chi connectivity index (χ3n) is 4.94. The van der Waals surface area contributed by atoms with Gasteiger partial charge in [-0.25, -0.2) is 15.0 Å². The molecule has 0 unspecified atom stereocenters. The number of aryl methyl sites for hydroxylation is 1. The van der Waals surface area contributed by atoms with Crippen molar-refractivity contribution in [1.82, 2.24) is 24.9 Å². The molecular formula is C27H23N5. The zero-order valence-corrected chi connectivity index (χ0v) is 18.1. The molecule has 0 atom stereocenters. The molecule has 4 rings (SSSR count). The van der Waals surface area contributed by atoms with Gasteiger partial charge in [0, 0.05) is 41.0 Å². The topological polar surface area (TPSA) is 64.5 Å². The maximum atomic E-state index is 4.73. The molecule has 1 aromatic carbocycles. The van der Waals surface area contributed by atoms with E-state index >= 15 is 0 Å². The van der Waals surface area contributed by atoms with Crippen LogP contribution in [-0.4, -0.2) is 24.9 Å². The summed E-state index contributed by atoms with van der Waals surface area (Å²) in [5.41, 5.74) is 5.67. The zero-order chi connectivity index (χ0) is 22.3. The Bertz CT molecular complexity index is 1270. The first-order chi connectivity index (χ1) is 15.6. The van der Waals surface area contributed by atoms with Crippen LogP contribution < -0.4 is 0 Å². The quantitative estimate of drug-likeness (QED) is 0.361. The van der Waals surface area contributed by atoms with Gasteiger partial charge in [-0.15, -0.1) is 0 Å². The number of benzene rings is 1. The number of nitrogens with zero attached hydrogens (tertiary/aromatic N) is 5. The van der Waals surface area contributed by atoms with Gasteiger partial charge in [-0.3, -0.25) is 9.97 Å². The van der Waals surface area contributed by atoms with E-state index in [1.165, 1.54) is 0 Å². The first-order valence-corrected chi connectivity index (χ1v) is 10.3. The van der Waals surface area contributed by atoms with Crippen molar-refractivity contribution in [2.24, 2.45) is 0 Å². The van der Waals surface area contributed by atoms with Crippen LogP contribution in [0.15, 0.2) is 98.0 Å². The summed E-state index contributed by atoms with van der Waals surface area (Å²) in [5, 5.41) is 0. The highest BCUT2D eigenvalue weighted by atomic mass is 15.0. The van der Waals surface area contributed by atoms with Crippen LogP contribution in [0.2, 0.25) is 0 Å². The van der Waals surface area contributed by atoms with E-state index in [1.807, 2.05) is 61.5 Å². The average molecular weight is 418 g/mol. The first kappa shape index (κ1) is 21.0. The highest BCUT2D eigenvalue weighted by Gasteiger charge is 2.12. The van der Waals surface area contributed by atoms with Crippen molar-refractivity contribution < 1.29 is 0 Å². The lowest BCUT2D eigenvalue weighted by Crippen LogP contribution is -2.02. The van der Waals surface area contributed by atoms with E-state index in [1.54, 1.807) is 24.7 Å². The summed E-state index contributed by atoms with van der Waals surface area (Å²) < 4.78 is 0. The summed E-state index contributed by atoms with van der Waals surface area (Å²) in [6, 6.07) is 17.9. The van der Waals surface area contributed by atoms with E-state index < -0.39 is 0 Å². The van der Waals surface area contributed by atoms with Crippen LogP contribution in [0.3, 0.4) is 0 Å². The standard InChI is InChI=1S/C27H23N5/c1-4-21(14-12-19(2)22-9-6-5-7-10-22)25-30-26(23-11-8-16-28-17-23)32-27(31-25)24-15-13-20(3)29-18-24/h4-18H,1H2,2-3H3/b19-12+,21-14+. The van der Waals surface area contributed by atoms with Crippen molar-refractivity contribution >= 4 is 11.1 Å². The summed E-state index contributed by atoms with van der Waals surface area (Å²) in [5.74, 6) is 1.65. The SMILES string of the molecule is C=C/C(=C\C=C(/C)c1ccccc1)c1nc(-c2cccnc2)nc(-c2ccc(C)nc2)n1. The van der Waals surface area contributed by atoms with Gasteiger partial charge in [0.15, 0.2) is 17.5 Å². The first-order valence-electron chi connectivity index (χ1n) is 10.3. The maximum absolute atomic E-state index is 4.73. The molecule has 0 spiro atoms. The van der Waals surface area contributed by atoms with Gasteiger partial charge in [0.25, 0.3) is 0 Å². The van der Waals surface area contributed by atoms with Crippen LogP contribution in [0.5, 0.6) is 0 Å². The predicted octanol–water partition coefficient (Wildman–Crippen LogP) is 5.98. The Kier molecular flexibility index (Phi) is 6.37. The summed E-state index contributed by atoms with van der Waals surface area (Å²) in [4.78, 5) is 22.7. The molecule has 0 N–H and O–H groups in total. The summed E-state index contributed by atoms with van der Waals surface area (Å²) >= 11 is 0. The minimum absolute atomic E-state index is 0.543. The molecule has 0 radical (unpaired) electrons. The third-order valence-corrected chi connectivity index (χ3v) is 4.94. The molecule has 0 fully saturated rings. The van der Waals surface area contributed by atoms with E-state index in [4.69, 9.17) is 9.97 Å². The van der Waals surface area contributed by atoms with Crippen LogP contribution in [0.25, 0.3) is 33.9 Å². The molecule has 4 aromatic rings. The number of aromatic nitrogens is 5. The molecule has 0 bridgehead atoms. The monoisotopic (exact) mass is 417 g/mol. The second-order valence-corrected chi connectivity index (χ2v) is 7.28. The Labute approximate surface area is 188 Å². The van der Waals surface area contributed by atoms with Gasteiger partial charge >= 0.3 is 0 Å². The van der Waals surface area contributed by atoms with Crippen LogP contribution in [-0.2, 0) is 0 Å². The molecule has 0 amide bonds. The predicted molar refractivity (Wildman–Crippen MR) is 129 cm³/mol. The average Bonchev–Trinajstić information content (AvgIpc) is 2.85. The number of pyridine rings is 2. The largest absolute Gasteiger partial charge is 0.264 e. The van der Waals surface area contributed by atoms with Crippen LogP contribution in [0.1, 0.15) is 24.0 Å². The maximum Gasteiger partial charge on any atom is 0.165 e. The number of rotatable bonds is 6. The molecule has 32 heavy (non-hydrogen) atoms. The van der Waals surface area contributed by atoms with Crippen molar-refractivity contribution in [2.45, 2.75) is 13.8 Å². The van der Waals surface area contributed by atoms with Crippen LogP contribution >= 0.6 is 0 Å². The van der Waals surface area contributed by atoms with Gasteiger partial charge in [0.1, 0.15) is 0 Å². The molecule has 0 aliphatic heterocycles. The molecule has 0 saturated carbocycles. The van der Waals surface area contributed by atoms with Crippen LogP contribution in [0.4, 0.5) is 0 Å². The second-order valence-electron chi connectivity index (χ2n) is 7.28. The summed E-state index contributed by atoms with van der Waals surface area (Å²) in [7, 11) is 0. The fraction of sp³-hybridized carbons (Fsp3) is 0.0741. The molecule has 5 nitrogen and oxygen atoms in total. The van der Waals surface area contributed by atoms with E-state index in [2.05, 4.69) is 40.6 Å². The second kappa shape index (κ2) is 9.71. The van der Waals surface area contributed by atoms with Gasteiger partial charge in [0.2, 0.25) is 0 Å². The molecule has 3 heterocycles. The summed E-state index contributed by atoms with van der Waals surface area (Å²) in [6.07, 6.45) is 11.0. The molecule has 0 aliphatic rings. The van der Waals surface area contributed by atoms with Gasteiger partial charge in [-0.05, 0) is 49.2 Å². The fourth-order valence-electron chi connectivity index (χ4n) is 3.10. The molecule has 0 aliphatic carbocycles. The minimum atomic E-state index is 0.543. The van der Waals surface area contributed by atoms with E-state index in [0.717, 1.165) is 33.5 Å². The smallest absolute Gasteiger partial charge is 0.165 e. The Morgan fingerprint density at radius 3 is 2.19 bits per heavy atom. The molecule has 3 aromatic heterocycles. The van der Waals surface area contributed by atoms with Crippen molar-refractivity contribution in [3.8, 4) is 22.8 Å². The van der Waals surface area contributed by atoms with Crippen molar-refractivity contribution in [2.75, 3.05) is 0 Å². The van der Waals surface area contributed by atoms with Gasteiger partial charge in [0.05, 0.1) is 0 Å². The van der Waals surface area contributed by atoms with E-state index in [9.17, 15) is 0 Å². The normalized spacial score (nSPS) is 11.9. The number of hydrogen-bond acceptors (Lipinski definition) is 5. The van der Waals surface area contributed by atoms with Crippen molar-refractivity contribution in [3.63, 3.8) is 0 Å². The lowest BCUT2D eigenvalue weighted by Gasteiger charge is -2.08. The minimum Gasteiger partial charge on any atom is -0.264 e. The third kappa shape index (κ3) is 4.90. The molecule has 0 saturated heterocycles. The van der Waals surface area contributed by atoms with Crippen LogP contribution in [0, 0.1) is 6.92 Å². The fourth-order valence-corrected chi connectivity index (χ4v) is 3.10. The highest BCUT2D eigenvalue weighted by Crippen LogP contribution is 2.23. The van der Waals surface area contributed by atoms with E-state index in [0.29, 0.717) is 17.5 Å². The molecular weight excluding hydrogens is 394 g/mol. The molecule has 156 valence electrons. The van der Waals surface area contributed by atoms with Gasteiger partial charge < -0.3 is 0 Å². The lowest BCUT2D eigenvalue weighted by atomic mass is 10.1. The number of hydrogen-bond donors (Lipinski definition) is 0. The lowest BCUT2D eigenvalue weighted by molar-refractivity contribution is 1.03. The highest BCUT2D eigenvalue weighted by molar-refractivity contribution is 5.76. The Balaban J connectivity index is 1.81. The zero-order valence-electron chi connectivity index (χ0n) is 18.1. The van der Waals surface area contributed by atoms with Crippen molar-refractivity contribution in [3.05, 3.63) is 115 Å². The Morgan fingerprint density at radius 1 is 0.812 bits per heavy atom. The van der Waals surface area contributed by atoms with Gasteiger partial charge in [-0.2, -0.15) is 0 Å². The van der Waals surface area contributed by atoms with E-state index in [-0.39, 0.29) is 0 Å². The Morgan fingerprint density at radius 2 is 1.56 bits per heavy atom. The molecule has 5 heteroatoms. The number of allylic oxidation sites excluding steroid dienone is 5. The van der Waals surface area contributed by atoms with Crippen molar-refractivity contribution in [1.29, 1.82) is 0 Å². The Hall–Kier alpha value is -4.25. The summed E-state index contributed by atoms with van der Waals surface area (Å²) in [6.45, 7) is 8.00. The van der Waals surface area contributed by atoms with Gasteiger partial charge in [-0.1, -0.05) is 55.1 Å².